The van der Waals surface area contributed by atoms with Crippen LogP contribution in [-0.4, -0.2) is 47.7 Å². The molecule has 26 heavy (non-hydrogen) atoms. The Balaban J connectivity index is 1.52. The van der Waals surface area contributed by atoms with Gasteiger partial charge in [-0.25, -0.2) is 4.39 Å². The Bertz CT molecular complexity index is 692. The zero-order valence-corrected chi connectivity index (χ0v) is 15.7. The molecule has 3 fully saturated rings. The summed E-state index contributed by atoms with van der Waals surface area (Å²) in [4.78, 5) is 17.5. The molecule has 1 saturated carbocycles. The first-order valence-corrected chi connectivity index (χ1v) is 10.1. The number of likely N-dealkylation sites (tertiary alicyclic amines) is 1. The van der Waals surface area contributed by atoms with Gasteiger partial charge in [0.05, 0.1) is 22.2 Å². The molecule has 1 aromatic rings. The molecule has 142 valence electrons. The second kappa shape index (κ2) is 7.01. The average molecular weight is 381 g/mol. The van der Waals surface area contributed by atoms with Gasteiger partial charge in [0.1, 0.15) is 5.82 Å². The Hall–Kier alpha value is -1.33. The van der Waals surface area contributed by atoms with Gasteiger partial charge in [-0.3, -0.25) is 4.79 Å². The van der Waals surface area contributed by atoms with Gasteiger partial charge in [-0.05, 0) is 57.1 Å². The lowest BCUT2D eigenvalue weighted by Crippen LogP contribution is -2.50. The molecule has 1 N–H and O–H groups in total. The molecule has 4 nitrogen and oxygen atoms in total. The number of benzene rings is 1. The topological polar surface area (TPSA) is 43.8 Å². The Kier molecular flexibility index (Phi) is 4.86. The molecule has 2 aliphatic heterocycles. The second-order valence-electron chi connectivity index (χ2n) is 8.09. The molecule has 4 rings (SSSR count). The highest BCUT2D eigenvalue weighted by atomic mass is 35.5. The van der Waals surface area contributed by atoms with Crippen LogP contribution in [0.4, 0.5) is 10.1 Å². The van der Waals surface area contributed by atoms with E-state index in [2.05, 4.69) is 9.80 Å². The van der Waals surface area contributed by atoms with Gasteiger partial charge in [-0.1, -0.05) is 17.7 Å². The minimum Gasteiger partial charge on any atom is -0.393 e. The van der Waals surface area contributed by atoms with Crippen LogP contribution in [0.25, 0.3) is 0 Å². The van der Waals surface area contributed by atoms with Crippen LogP contribution in [0.15, 0.2) is 18.2 Å². The van der Waals surface area contributed by atoms with Gasteiger partial charge in [-0.2, -0.15) is 0 Å². The van der Waals surface area contributed by atoms with Crippen molar-refractivity contribution in [2.45, 2.75) is 57.1 Å². The number of halogens is 2. The Labute approximate surface area is 158 Å². The number of piperidine rings is 1. The molecule has 0 aromatic heterocycles. The molecule has 2 saturated heterocycles. The zero-order valence-electron chi connectivity index (χ0n) is 15.0. The van der Waals surface area contributed by atoms with E-state index in [0.29, 0.717) is 12.2 Å². The van der Waals surface area contributed by atoms with E-state index in [1.165, 1.54) is 6.07 Å². The lowest BCUT2D eigenvalue weighted by molar-refractivity contribution is -0.139. The maximum Gasteiger partial charge on any atom is 0.230 e. The van der Waals surface area contributed by atoms with Crippen LogP contribution >= 0.6 is 11.6 Å². The standard InChI is InChI=1S/C20H26ClFN2O2/c21-18-16(22)3-1-4-17(18)23-11-2-9-20(13-23)10-12-24(19(20)26)14-5-7-15(25)8-6-14/h1,3-4,14-15,25H,2,5-13H2/t14?,15?,20-/m1/s1. The van der Waals surface area contributed by atoms with Gasteiger partial charge >= 0.3 is 0 Å². The van der Waals surface area contributed by atoms with Crippen LogP contribution in [0.1, 0.15) is 44.9 Å². The number of rotatable bonds is 2. The van der Waals surface area contributed by atoms with Crippen molar-refractivity contribution in [2.24, 2.45) is 5.41 Å². The first-order chi connectivity index (χ1) is 12.5. The summed E-state index contributed by atoms with van der Waals surface area (Å²) in [5.41, 5.74) is 0.321. The Morgan fingerprint density at radius 2 is 1.92 bits per heavy atom. The van der Waals surface area contributed by atoms with Crippen LogP contribution in [0.5, 0.6) is 0 Å². The van der Waals surface area contributed by atoms with E-state index < -0.39 is 5.82 Å². The van der Waals surface area contributed by atoms with Gasteiger partial charge in [0.25, 0.3) is 0 Å². The average Bonchev–Trinajstić information content (AvgIpc) is 2.94. The van der Waals surface area contributed by atoms with Crippen molar-refractivity contribution >= 4 is 23.2 Å². The minimum absolute atomic E-state index is 0.146. The molecule has 1 amide bonds. The predicted octanol–water partition coefficient (Wildman–Crippen LogP) is 3.60. The van der Waals surface area contributed by atoms with Crippen molar-refractivity contribution in [3.8, 4) is 0 Å². The molecule has 1 aliphatic carbocycles. The van der Waals surface area contributed by atoms with Gasteiger partial charge in [0.15, 0.2) is 0 Å². The first-order valence-electron chi connectivity index (χ1n) is 9.68. The number of hydrogen-bond acceptors (Lipinski definition) is 3. The maximum atomic E-state index is 13.9. The van der Waals surface area contributed by atoms with Crippen LogP contribution in [0.2, 0.25) is 5.02 Å². The van der Waals surface area contributed by atoms with Crippen molar-refractivity contribution in [3.63, 3.8) is 0 Å². The van der Waals surface area contributed by atoms with Gasteiger partial charge in [0.2, 0.25) is 5.91 Å². The fourth-order valence-electron chi connectivity index (χ4n) is 5.02. The third-order valence-electron chi connectivity index (χ3n) is 6.50. The number of hydrogen-bond donors (Lipinski definition) is 1. The number of anilines is 1. The number of carbonyl (C=O) groups excluding carboxylic acids is 1. The van der Waals surface area contributed by atoms with E-state index in [1.807, 2.05) is 6.07 Å². The van der Waals surface area contributed by atoms with Crippen molar-refractivity contribution < 1.29 is 14.3 Å². The first kappa shape index (κ1) is 18.1. The van der Waals surface area contributed by atoms with E-state index in [9.17, 15) is 14.3 Å². The van der Waals surface area contributed by atoms with E-state index in [4.69, 9.17) is 11.6 Å². The molecular weight excluding hydrogens is 355 g/mol. The van der Waals surface area contributed by atoms with Crippen molar-refractivity contribution in [1.82, 2.24) is 4.90 Å². The predicted molar refractivity (Wildman–Crippen MR) is 99.9 cm³/mol. The number of aliphatic hydroxyl groups excluding tert-OH is 1. The SMILES string of the molecule is O=C1N(C2CCC(O)CC2)CC[C@@]12CCCN(c1cccc(F)c1Cl)C2. The highest BCUT2D eigenvalue weighted by Crippen LogP contribution is 2.44. The largest absolute Gasteiger partial charge is 0.393 e. The number of carbonyl (C=O) groups is 1. The monoisotopic (exact) mass is 380 g/mol. The molecule has 1 spiro atoms. The molecule has 3 aliphatic rings. The van der Waals surface area contributed by atoms with Crippen molar-refractivity contribution in [2.75, 3.05) is 24.5 Å². The molecule has 6 heteroatoms. The van der Waals surface area contributed by atoms with E-state index >= 15 is 0 Å². The Morgan fingerprint density at radius 1 is 1.15 bits per heavy atom. The van der Waals surface area contributed by atoms with E-state index in [0.717, 1.165) is 58.0 Å². The quantitative estimate of drug-likeness (QED) is 0.852. The fourth-order valence-corrected chi connectivity index (χ4v) is 5.26. The van der Waals surface area contributed by atoms with E-state index in [1.54, 1.807) is 6.07 Å². The normalized spacial score (nSPS) is 32.5. The summed E-state index contributed by atoms with van der Waals surface area (Å²) in [6.45, 7) is 2.21. The van der Waals surface area contributed by atoms with E-state index in [-0.39, 0.29) is 28.5 Å². The molecule has 0 bridgehead atoms. The molecule has 1 aromatic carbocycles. The third-order valence-corrected chi connectivity index (χ3v) is 6.88. The second-order valence-corrected chi connectivity index (χ2v) is 8.47. The third kappa shape index (κ3) is 3.09. The summed E-state index contributed by atoms with van der Waals surface area (Å²) in [6.07, 6.45) is 5.80. The van der Waals surface area contributed by atoms with Gasteiger partial charge in [-0.15, -0.1) is 0 Å². The number of nitrogens with zero attached hydrogens (tertiary/aromatic N) is 2. The molecule has 0 unspecified atom stereocenters. The van der Waals surface area contributed by atoms with Crippen LogP contribution < -0.4 is 4.90 Å². The lowest BCUT2D eigenvalue weighted by atomic mass is 9.78. The van der Waals surface area contributed by atoms with Crippen molar-refractivity contribution in [3.05, 3.63) is 29.0 Å². The summed E-state index contributed by atoms with van der Waals surface area (Å²) in [5.74, 6) is -0.167. The molecule has 1 atom stereocenters. The highest BCUT2D eigenvalue weighted by molar-refractivity contribution is 6.33. The molecule has 0 radical (unpaired) electrons. The maximum absolute atomic E-state index is 13.9. The fraction of sp³-hybridized carbons (Fsp3) is 0.650. The van der Waals surface area contributed by atoms with Crippen LogP contribution in [0.3, 0.4) is 0 Å². The van der Waals surface area contributed by atoms with Crippen LogP contribution in [-0.2, 0) is 4.79 Å². The summed E-state index contributed by atoms with van der Waals surface area (Å²) in [6, 6.07) is 5.14. The summed E-state index contributed by atoms with van der Waals surface area (Å²) >= 11 is 6.19. The zero-order chi connectivity index (χ0) is 18.3. The van der Waals surface area contributed by atoms with Crippen molar-refractivity contribution in [1.29, 1.82) is 0 Å². The Morgan fingerprint density at radius 3 is 2.69 bits per heavy atom. The summed E-state index contributed by atoms with van der Waals surface area (Å²) in [7, 11) is 0. The lowest BCUT2D eigenvalue weighted by Gasteiger charge is -2.41. The summed E-state index contributed by atoms with van der Waals surface area (Å²) in [5, 5.41) is 9.88. The smallest absolute Gasteiger partial charge is 0.230 e. The van der Waals surface area contributed by atoms with Gasteiger partial charge in [0, 0.05) is 25.7 Å². The highest BCUT2D eigenvalue weighted by Gasteiger charge is 2.50. The molecule has 2 heterocycles. The molecular formula is C20H26ClFN2O2. The summed E-state index contributed by atoms with van der Waals surface area (Å²) < 4.78 is 13.9. The minimum atomic E-state index is -0.413. The number of aliphatic hydroxyl groups is 1. The van der Waals surface area contributed by atoms with Gasteiger partial charge < -0.3 is 14.9 Å². The number of amides is 1. The van der Waals surface area contributed by atoms with Crippen LogP contribution in [0, 0.1) is 11.2 Å².